The lowest BCUT2D eigenvalue weighted by Crippen LogP contribution is -2.41. The van der Waals surface area contributed by atoms with Crippen molar-refractivity contribution in [3.05, 3.63) is 59.2 Å². The van der Waals surface area contributed by atoms with Gasteiger partial charge in [0.05, 0.1) is 0 Å². The maximum absolute atomic E-state index is 8.87. The summed E-state index contributed by atoms with van der Waals surface area (Å²) >= 11 is 0. The van der Waals surface area contributed by atoms with Crippen LogP contribution in [0, 0.1) is 28.1 Å². The molecule has 2 aromatic rings. The summed E-state index contributed by atoms with van der Waals surface area (Å²) in [5.74, 6) is 0. The molecule has 4 rings (SSSR count). The highest BCUT2D eigenvalue weighted by molar-refractivity contribution is 5.24. The highest BCUT2D eigenvalue weighted by Gasteiger charge is 2.40. The van der Waals surface area contributed by atoms with Gasteiger partial charge in [0.15, 0.2) is 0 Å². The minimum atomic E-state index is 0.444. The Kier molecular flexibility index (Phi) is 5.34. The topological polar surface area (TPSA) is 79.8 Å². The van der Waals surface area contributed by atoms with Gasteiger partial charge in [0.25, 0.3) is 0 Å². The van der Waals surface area contributed by atoms with Gasteiger partial charge in [0.2, 0.25) is 0 Å². The predicted octanol–water partition coefficient (Wildman–Crippen LogP) is 2.71. The van der Waals surface area contributed by atoms with Crippen LogP contribution in [0.25, 0.3) is 0 Å². The maximum Gasteiger partial charge on any atom is 0.140 e. The number of aromatic nitrogens is 2. The second kappa shape index (κ2) is 8.06. The van der Waals surface area contributed by atoms with Crippen molar-refractivity contribution in [2.45, 2.75) is 32.4 Å². The van der Waals surface area contributed by atoms with Crippen LogP contribution >= 0.6 is 0 Å². The van der Waals surface area contributed by atoms with Crippen LogP contribution in [-0.4, -0.2) is 45.9 Å². The average Bonchev–Trinajstić information content (AvgIpc) is 3.13. The number of hydrogen-bond donors (Lipinski definition) is 0. The molecule has 2 aliphatic heterocycles. The van der Waals surface area contributed by atoms with Gasteiger partial charge in [-0.25, -0.2) is 9.97 Å². The molecule has 142 valence electrons. The van der Waals surface area contributed by atoms with Crippen LogP contribution in [0.15, 0.2) is 36.7 Å². The standard InChI is InChI=1S/C22H24N6/c23-11-20-3-1-18(13-25-20)15-27-8-5-22(6-9-27)7-10-28(17-22)16-19-2-4-21(12-24)26-14-19/h1-4,13-14H,5-10,15-17H2. The highest BCUT2D eigenvalue weighted by atomic mass is 15.2. The first-order valence-corrected chi connectivity index (χ1v) is 9.83. The van der Waals surface area contributed by atoms with Gasteiger partial charge in [0, 0.05) is 32.0 Å². The number of nitriles is 2. The number of pyridine rings is 2. The van der Waals surface area contributed by atoms with Crippen LogP contribution in [0.2, 0.25) is 0 Å². The summed E-state index contributed by atoms with van der Waals surface area (Å²) in [5, 5.41) is 17.7. The molecule has 2 fully saturated rings. The molecular formula is C22H24N6. The summed E-state index contributed by atoms with van der Waals surface area (Å²) in [6.07, 6.45) is 7.39. The van der Waals surface area contributed by atoms with Gasteiger partial charge in [-0.15, -0.1) is 0 Å². The molecule has 0 N–H and O–H groups in total. The number of hydrogen-bond acceptors (Lipinski definition) is 6. The second-order valence-corrected chi connectivity index (χ2v) is 8.06. The van der Waals surface area contributed by atoms with Crippen molar-refractivity contribution in [2.24, 2.45) is 5.41 Å². The summed E-state index contributed by atoms with van der Waals surface area (Å²) in [6, 6.07) is 11.8. The van der Waals surface area contributed by atoms with Crippen molar-refractivity contribution >= 4 is 0 Å². The summed E-state index contributed by atoms with van der Waals surface area (Å²) in [6.45, 7) is 6.35. The Bertz CT molecular complexity index is 883. The van der Waals surface area contributed by atoms with Crippen LogP contribution in [0.3, 0.4) is 0 Å². The van der Waals surface area contributed by atoms with Crippen LogP contribution in [0.4, 0.5) is 0 Å². The maximum atomic E-state index is 8.87. The normalized spacial score (nSPS) is 19.4. The molecule has 6 heteroatoms. The summed E-state index contributed by atoms with van der Waals surface area (Å²) < 4.78 is 0. The molecule has 1 spiro atoms. The molecule has 0 aliphatic carbocycles. The second-order valence-electron chi connectivity index (χ2n) is 8.06. The molecule has 0 radical (unpaired) electrons. The van der Waals surface area contributed by atoms with E-state index in [4.69, 9.17) is 10.5 Å². The fourth-order valence-electron chi connectivity index (χ4n) is 4.44. The molecule has 4 heterocycles. The Morgan fingerprint density at radius 3 is 1.75 bits per heavy atom. The van der Waals surface area contributed by atoms with Crippen molar-refractivity contribution in [3.63, 3.8) is 0 Å². The zero-order valence-corrected chi connectivity index (χ0v) is 16.0. The van der Waals surface area contributed by atoms with E-state index in [-0.39, 0.29) is 0 Å². The average molecular weight is 372 g/mol. The Morgan fingerprint density at radius 1 is 0.786 bits per heavy atom. The lowest BCUT2D eigenvalue weighted by molar-refractivity contribution is 0.102. The van der Waals surface area contributed by atoms with E-state index in [1.807, 2.05) is 24.5 Å². The highest BCUT2D eigenvalue weighted by Crippen LogP contribution is 2.41. The van der Waals surface area contributed by atoms with Crippen molar-refractivity contribution in [1.82, 2.24) is 19.8 Å². The Morgan fingerprint density at radius 2 is 1.29 bits per heavy atom. The van der Waals surface area contributed by atoms with Gasteiger partial charge >= 0.3 is 0 Å². The zero-order chi connectivity index (χ0) is 19.4. The van der Waals surface area contributed by atoms with E-state index in [9.17, 15) is 0 Å². The number of rotatable bonds is 4. The third-order valence-electron chi connectivity index (χ3n) is 6.13. The third kappa shape index (κ3) is 4.20. The Labute approximate surface area is 166 Å². The molecule has 0 aromatic carbocycles. The number of nitrogens with zero attached hydrogens (tertiary/aromatic N) is 6. The first kappa shape index (κ1) is 18.6. The van der Waals surface area contributed by atoms with Gasteiger partial charge < -0.3 is 0 Å². The largest absolute Gasteiger partial charge is 0.299 e. The zero-order valence-electron chi connectivity index (χ0n) is 16.0. The van der Waals surface area contributed by atoms with E-state index in [0.717, 1.165) is 39.3 Å². The van der Waals surface area contributed by atoms with E-state index in [2.05, 4.69) is 31.9 Å². The Balaban J connectivity index is 1.28. The monoisotopic (exact) mass is 372 g/mol. The summed E-state index contributed by atoms with van der Waals surface area (Å²) in [5.41, 5.74) is 3.76. The van der Waals surface area contributed by atoms with Crippen molar-refractivity contribution in [2.75, 3.05) is 26.2 Å². The van der Waals surface area contributed by atoms with Gasteiger partial charge in [0.1, 0.15) is 23.5 Å². The first-order valence-electron chi connectivity index (χ1n) is 9.83. The first-order chi connectivity index (χ1) is 13.7. The quantitative estimate of drug-likeness (QED) is 0.821. The molecule has 2 aromatic heterocycles. The molecule has 0 bridgehead atoms. The minimum Gasteiger partial charge on any atom is -0.299 e. The van der Waals surface area contributed by atoms with Gasteiger partial charge in [-0.1, -0.05) is 12.1 Å². The lowest BCUT2D eigenvalue weighted by Gasteiger charge is -2.39. The predicted molar refractivity (Wildman–Crippen MR) is 105 cm³/mol. The lowest BCUT2D eigenvalue weighted by atomic mass is 9.77. The van der Waals surface area contributed by atoms with Crippen LogP contribution in [0.5, 0.6) is 0 Å². The minimum absolute atomic E-state index is 0.444. The molecule has 0 amide bonds. The van der Waals surface area contributed by atoms with E-state index >= 15 is 0 Å². The molecule has 2 saturated heterocycles. The number of piperidine rings is 1. The van der Waals surface area contributed by atoms with Gasteiger partial charge in [-0.05, 0) is 67.6 Å². The molecule has 0 saturated carbocycles. The van der Waals surface area contributed by atoms with Crippen LogP contribution < -0.4 is 0 Å². The van der Waals surface area contributed by atoms with Crippen LogP contribution in [0.1, 0.15) is 41.8 Å². The van der Waals surface area contributed by atoms with Gasteiger partial charge in [-0.3, -0.25) is 9.80 Å². The summed E-state index contributed by atoms with van der Waals surface area (Å²) in [7, 11) is 0. The third-order valence-corrected chi connectivity index (χ3v) is 6.13. The molecule has 0 unspecified atom stereocenters. The van der Waals surface area contributed by atoms with Crippen molar-refractivity contribution in [1.29, 1.82) is 10.5 Å². The molecular weight excluding hydrogens is 348 g/mol. The molecule has 2 aliphatic rings. The van der Waals surface area contributed by atoms with E-state index in [1.54, 1.807) is 12.1 Å². The number of likely N-dealkylation sites (tertiary alicyclic amines) is 2. The molecule has 6 nitrogen and oxygen atoms in total. The van der Waals surface area contributed by atoms with Gasteiger partial charge in [-0.2, -0.15) is 10.5 Å². The molecule has 28 heavy (non-hydrogen) atoms. The van der Waals surface area contributed by atoms with E-state index in [1.165, 1.54) is 30.4 Å². The SMILES string of the molecule is N#Cc1ccc(CN2CCC3(CC2)CCN(Cc2ccc(C#N)nc2)C3)cn1. The fraction of sp³-hybridized carbons (Fsp3) is 0.455. The van der Waals surface area contributed by atoms with E-state index in [0.29, 0.717) is 16.8 Å². The van der Waals surface area contributed by atoms with Crippen molar-refractivity contribution in [3.8, 4) is 12.1 Å². The van der Waals surface area contributed by atoms with E-state index < -0.39 is 0 Å². The van der Waals surface area contributed by atoms with Crippen LogP contribution in [-0.2, 0) is 13.1 Å². The Hall–Kier alpha value is -2.80. The fourth-order valence-corrected chi connectivity index (χ4v) is 4.44. The summed E-state index contributed by atoms with van der Waals surface area (Å²) in [4.78, 5) is 13.4. The van der Waals surface area contributed by atoms with Crippen molar-refractivity contribution < 1.29 is 0 Å². The molecule has 0 atom stereocenters. The smallest absolute Gasteiger partial charge is 0.140 e.